The summed E-state index contributed by atoms with van der Waals surface area (Å²) in [7, 11) is 0. The minimum absolute atomic E-state index is 0.00637. The second-order valence-electron chi connectivity index (χ2n) is 3.42. The molecule has 0 spiro atoms. The van der Waals surface area contributed by atoms with Gasteiger partial charge in [0.25, 0.3) is 11.5 Å². The van der Waals surface area contributed by atoms with Crippen molar-refractivity contribution in [1.29, 1.82) is 5.26 Å². The Bertz CT molecular complexity index is 646. The van der Waals surface area contributed by atoms with Crippen molar-refractivity contribution >= 4 is 21.6 Å². The first-order valence-corrected chi connectivity index (χ1v) is 5.62. The van der Waals surface area contributed by atoms with E-state index in [4.69, 9.17) is 5.26 Å². The molecule has 1 heterocycles. The first kappa shape index (κ1) is 12.2. The first-order chi connectivity index (χ1) is 8.60. The Kier molecular flexibility index (Phi) is 3.34. The van der Waals surface area contributed by atoms with E-state index in [2.05, 4.69) is 26.0 Å². The van der Waals surface area contributed by atoms with Crippen molar-refractivity contribution in [2.75, 3.05) is 0 Å². The SMILES string of the molecule is N#Cc1ncn(Cc2ccc(Br)c([N+](=O)[O-])c2)n1. The molecular formula is C10H6BrN5O2. The third-order valence-electron chi connectivity index (χ3n) is 2.19. The van der Waals surface area contributed by atoms with Crippen molar-refractivity contribution in [3.8, 4) is 6.07 Å². The third-order valence-corrected chi connectivity index (χ3v) is 2.86. The highest BCUT2D eigenvalue weighted by Gasteiger charge is 2.12. The van der Waals surface area contributed by atoms with Crippen LogP contribution >= 0.6 is 15.9 Å². The topological polar surface area (TPSA) is 97.6 Å². The van der Waals surface area contributed by atoms with E-state index in [1.807, 2.05) is 6.07 Å². The number of nitrogens with zero attached hydrogens (tertiary/aromatic N) is 5. The van der Waals surface area contributed by atoms with Gasteiger partial charge < -0.3 is 0 Å². The molecule has 7 nitrogen and oxygen atoms in total. The predicted molar refractivity (Wildman–Crippen MR) is 64.6 cm³/mol. The van der Waals surface area contributed by atoms with Gasteiger partial charge in [0.05, 0.1) is 15.9 Å². The molecule has 0 aliphatic rings. The van der Waals surface area contributed by atoms with Gasteiger partial charge in [-0.15, -0.1) is 5.10 Å². The van der Waals surface area contributed by atoms with E-state index in [9.17, 15) is 10.1 Å². The van der Waals surface area contributed by atoms with E-state index in [-0.39, 0.29) is 11.5 Å². The number of aromatic nitrogens is 3. The van der Waals surface area contributed by atoms with Crippen LogP contribution in [0.25, 0.3) is 0 Å². The summed E-state index contributed by atoms with van der Waals surface area (Å²) in [5.74, 6) is 0.0709. The fraction of sp³-hybridized carbons (Fsp3) is 0.100. The molecular weight excluding hydrogens is 302 g/mol. The molecule has 0 amide bonds. The summed E-state index contributed by atoms with van der Waals surface area (Å²) in [4.78, 5) is 14.1. The molecule has 1 aromatic carbocycles. The maximum absolute atomic E-state index is 10.8. The molecule has 1 aromatic heterocycles. The predicted octanol–water partition coefficient (Wildman–Crippen LogP) is 1.87. The molecule has 0 saturated carbocycles. The minimum Gasteiger partial charge on any atom is -0.258 e. The monoisotopic (exact) mass is 307 g/mol. The second-order valence-corrected chi connectivity index (χ2v) is 4.27. The molecule has 90 valence electrons. The number of benzene rings is 1. The van der Waals surface area contributed by atoms with Crippen molar-refractivity contribution in [3.05, 3.63) is 50.5 Å². The van der Waals surface area contributed by atoms with Crippen LogP contribution in [0, 0.1) is 21.4 Å². The molecule has 0 atom stereocenters. The van der Waals surface area contributed by atoms with E-state index >= 15 is 0 Å². The Hall–Kier alpha value is -2.27. The smallest absolute Gasteiger partial charge is 0.258 e. The number of halogens is 1. The lowest BCUT2D eigenvalue weighted by Crippen LogP contribution is -2.01. The highest BCUT2D eigenvalue weighted by molar-refractivity contribution is 9.10. The number of nitro benzene ring substituents is 1. The molecule has 0 radical (unpaired) electrons. The first-order valence-electron chi connectivity index (χ1n) is 4.82. The molecule has 0 N–H and O–H groups in total. The average molecular weight is 308 g/mol. The molecule has 0 aliphatic carbocycles. The molecule has 0 bridgehead atoms. The van der Waals surface area contributed by atoms with Crippen LogP contribution in [-0.2, 0) is 6.54 Å². The van der Waals surface area contributed by atoms with Crippen LogP contribution in [0.1, 0.15) is 11.4 Å². The van der Waals surface area contributed by atoms with Gasteiger partial charge in [-0.05, 0) is 27.6 Å². The van der Waals surface area contributed by atoms with Crippen LogP contribution in [0.2, 0.25) is 0 Å². The molecule has 8 heteroatoms. The van der Waals surface area contributed by atoms with Gasteiger partial charge in [0.2, 0.25) is 0 Å². The third kappa shape index (κ3) is 2.52. The molecule has 2 aromatic rings. The maximum Gasteiger partial charge on any atom is 0.283 e. The van der Waals surface area contributed by atoms with Crippen LogP contribution in [-0.4, -0.2) is 19.7 Å². The zero-order valence-electron chi connectivity index (χ0n) is 8.95. The van der Waals surface area contributed by atoms with Crippen LogP contribution in [0.4, 0.5) is 5.69 Å². The van der Waals surface area contributed by atoms with E-state index in [0.717, 1.165) is 0 Å². The summed E-state index contributed by atoms with van der Waals surface area (Å²) in [6.45, 7) is 0.322. The fourth-order valence-electron chi connectivity index (χ4n) is 1.41. The minimum atomic E-state index is -0.463. The van der Waals surface area contributed by atoms with E-state index in [1.165, 1.54) is 17.1 Å². The Morgan fingerprint density at radius 3 is 2.94 bits per heavy atom. The standard InChI is InChI=1S/C10H6BrN5O2/c11-8-2-1-7(3-9(8)16(17)18)5-15-6-13-10(4-12)14-15/h1-3,6H,5H2. The van der Waals surface area contributed by atoms with Gasteiger partial charge >= 0.3 is 0 Å². The molecule has 2 rings (SSSR count). The quantitative estimate of drug-likeness (QED) is 0.637. The number of hydrogen-bond acceptors (Lipinski definition) is 5. The summed E-state index contributed by atoms with van der Waals surface area (Å²) in [6, 6.07) is 6.62. The van der Waals surface area contributed by atoms with Crippen LogP contribution in [0.15, 0.2) is 29.0 Å². The second kappa shape index (κ2) is 4.93. The summed E-state index contributed by atoms with van der Waals surface area (Å²) < 4.78 is 1.87. The van der Waals surface area contributed by atoms with E-state index < -0.39 is 4.92 Å². The zero-order valence-corrected chi connectivity index (χ0v) is 10.5. The van der Waals surface area contributed by atoms with Gasteiger partial charge in [-0.3, -0.25) is 10.1 Å². The van der Waals surface area contributed by atoms with Gasteiger partial charge in [-0.2, -0.15) is 5.26 Å². The van der Waals surface area contributed by atoms with E-state index in [0.29, 0.717) is 16.6 Å². The van der Waals surface area contributed by atoms with Gasteiger partial charge in [0.15, 0.2) is 0 Å². The highest BCUT2D eigenvalue weighted by atomic mass is 79.9. The largest absolute Gasteiger partial charge is 0.283 e. The lowest BCUT2D eigenvalue weighted by Gasteiger charge is -2.02. The summed E-state index contributed by atoms with van der Waals surface area (Å²) in [6.07, 6.45) is 1.41. The van der Waals surface area contributed by atoms with Crippen LogP contribution in [0.3, 0.4) is 0 Å². The number of rotatable bonds is 3. The Morgan fingerprint density at radius 2 is 2.33 bits per heavy atom. The zero-order chi connectivity index (χ0) is 13.1. The van der Waals surface area contributed by atoms with Gasteiger partial charge in [0.1, 0.15) is 12.4 Å². The highest BCUT2D eigenvalue weighted by Crippen LogP contribution is 2.25. The molecule has 0 fully saturated rings. The number of nitriles is 1. The number of nitro groups is 1. The van der Waals surface area contributed by atoms with Crippen molar-refractivity contribution in [1.82, 2.24) is 14.8 Å². The Labute approximate surface area is 110 Å². The van der Waals surface area contributed by atoms with E-state index in [1.54, 1.807) is 12.1 Å². The lowest BCUT2D eigenvalue weighted by atomic mass is 10.2. The Balaban J connectivity index is 2.27. The Morgan fingerprint density at radius 1 is 1.56 bits per heavy atom. The van der Waals surface area contributed by atoms with Gasteiger partial charge in [-0.25, -0.2) is 9.67 Å². The molecule has 0 aliphatic heterocycles. The summed E-state index contributed by atoms with van der Waals surface area (Å²) in [5.41, 5.74) is 0.701. The normalized spacial score (nSPS) is 10.0. The average Bonchev–Trinajstić information content (AvgIpc) is 2.79. The fourth-order valence-corrected chi connectivity index (χ4v) is 1.80. The summed E-state index contributed by atoms with van der Waals surface area (Å²) in [5, 5.41) is 23.2. The lowest BCUT2D eigenvalue weighted by molar-refractivity contribution is -0.385. The molecule has 0 saturated heterocycles. The van der Waals surface area contributed by atoms with Crippen molar-refractivity contribution < 1.29 is 4.92 Å². The van der Waals surface area contributed by atoms with Gasteiger partial charge in [-0.1, -0.05) is 6.07 Å². The summed E-state index contributed by atoms with van der Waals surface area (Å²) >= 11 is 3.11. The van der Waals surface area contributed by atoms with Crippen molar-refractivity contribution in [2.24, 2.45) is 0 Å². The molecule has 18 heavy (non-hydrogen) atoms. The number of hydrogen-bond donors (Lipinski definition) is 0. The van der Waals surface area contributed by atoms with Crippen molar-refractivity contribution in [3.63, 3.8) is 0 Å². The molecule has 0 unspecified atom stereocenters. The maximum atomic E-state index is 10.8. The van der Waals surface area contributed by atoms with Gasteiger partial charge in [0, 0.05) is 6.07 Å². The van der Waals surface area contributed by atoms with Crippen LogP contribution in [0.5, 0.6) is 0 Å². The van der Waals surface area contributed by atoms with Crippen LogP contribution < -0.4 is 0 Å². The van der Waals surface area contributed by atoms with Crippen molar-refractivity contribution in [2.45, 2.75) is 6.54 Å².